The number of nitrogens with zero attached hydrogens (tertiary/aromatic N) is 1. The first kappa shape index (κ1) is 17.6. The van der Waals surface area contributed by atoms with Gasteiger partial charge in [-0.1, -0.05) is 11.6 Å². The monoisotopic (exact) mass is 362 g/mol. The van der Waals surface area contributed by atoms with Gasteiger partial charge in [-0.2, -0.15) is 0 Å². The number of fused-ring (bicyclic) bond motifs is 1. The van der Waals surface area contributed by atoms with Gasteiger partial charge in [0.2, 0.25) is 0 Å². The van der Waals surface area contributed by atoms with Crippen LogP contribution in [0.5, 0.6) is 0 Å². The van der Waals surface area contributed by atoms with E-state index in [9.17, 15) is 9.59 Å². The van der Waals surface area contributed by atoms with Gasteiger partial charge in [-0.15, -0.1) is 0 Å². The first-order valence-electron chi connectivity index (χ1n) is 8.15. The number of carbonyl (C=O) groups is 2. The number of aromatic nitrogens is 1. The Bertz CT molecular complexity index is 803. The third-order valence-electron chi connectivity index (χ3n) is 4.07. The van der Waals surface area contributed by atoms with E-state index in [1.807, 2.05) is 0 Å². The van der Waals surface area contributed by atoms with Crippen molar-refractivity contribution in [3.8, 4) is 0 Å². The van der Waals surface area contributed by atoms with Crippen LogP contribution in [-0.2, 0) is 14.3 Å². The molecule has 132 valence electrons. The van der Waals surface area contributed by atoms with E-state index < -0.39 is 5.97 Å². The van der Waals surface area contributed by atoms with Gasteiger partial charge in [0.1, 0.15) is 0 Å². The molecule has 1 aliphatic rings. The number of aryl methyl sites for hydroxylation is 1. The fourth-order valence-electron chi connectivity index (χ4n) is 2.74. The maximum absolute atomic E-state index is 12.3. The lowest BCUT2D eigenvalue weighted by Gasteiger charge is -2.11. The predicted molar refractivity (Wildman–Crippen MR) is 93.8 cm³/mol. The number of hydrogen-bond donors (Lipinski definition) is 1. The number of benzene rings is 1. The van der Waals surface area contributed by atoms with Gasteiger partial charge >= 0.3 is 5.97 Å². The topological polar surface area (TPSA) is 77.5 Å². The average Bonchev–Trinajstić information content (AvgIpc) is 3.11. The molecule has 7 heteroatoms. The summed E-state index contributed by atoms with van der Waals surface area (Å²) in [7, 11) is 0. The van der Waals surface area contributed by atoms with Crippen molar-refractivity contribution in [1.29, 1.82) is 0 Å². The third kappa shape index (κ3) is 4.46. The molecule has 1 aromatic heterocycles. The quantitative estimate of drug-likeness (QED) is 0.827. The highest BCUT2D eigenvalue weighted by atomic mass is 35.5. The second-order valence-electron chi connectivity index (χ2n) is 5.97. The minimum atomic E-state index is -0.584. The van der Waals surface area contributed by atoms with Crippen LogP contribution in [0, 0.1) is 6.92 Å². The van der Waals surface area contributed by atoms with Gasteiger partial charge < -0.3 is 14.8 Å². The van der Waals surface area contributed by atoms with Crippen LogP contribution in [0.4, 0.5) is 0 Å². The highest BCUT2D eigenvalue weighted by molar-refractivity contribution is 6.31. The minimum Gasteiger partial charge on any atom is -0.452 e. The molecular formula is C18H19ClN2O4. The highest BCUT2D eigenvalue weighted by Gasteiger charge is 2.18. The van der Waals surface area contributed by atoms with Gasteiger partial charge in [-0.3, -0.25) is 9.78 Å². The molecule has 1 amide bonds. The first-order chi connectivity index (χ1) is 12.0. The molecule has 0 bridgehead atoms. The molecule has 0 unspecified atom stereocenters. The summed E-state index contributed by atoms with van der Waals surface area (Å²) in [6, 6.07) is 6.94. The van der Waals surface area contributed by atoms with Gasteiger partial charge in [0.05, 0.1) is 22.9 Å². The van der Waals surface area contributed by atoms with Crippen molar-refractivity contribution < 1.29 is 19.1 Å². The number of nitrogens with one attached hydrogen (secondary N) is 1. The smallest absolute Gasteiger partial charge is 0.340 e. The van der Waals surface area contributed by atoms with Crippen LogP contribution < -0.4 is 5.32 Å². The SMILES string of the molecule is Cc1nc2ccc(Cl)cc2cc1C(=O)OCC(=O)NC[C@H]1CCCO1. The van der Waals surface area contributed by atoms with Crippen LogP contribution in [-0.4, -0.2) is 42.7 Å². The molecular weight excluding hydrogens is 344 g/mol. The first-order valence-corrected chi connectivity index (χ1v) is 8.53. The number of halogens is 1. The number of esters is 1. The van der Waals surface area contributed by atoms with Crippen molar-refractivity contribution in [3.05, 3.63) is 40.5 Å². The van der Waals surface area contributed by atoms with E-state index in [-0.39, 0.29) is 18.6 Å². The molecule has 1 aromatic carbocycles. The predicted octanol–water partition coefficient (Wildman–Crippen LogP) is 2.65. The molecule has 1 fully saturated rings. The Morgan fingerprint density at radius 3 is 3.00 bits per heavy atom. The zero-order valence-corrected chi connectivity index (χ0v) is 14.6. The molecule has 0 aliphatic carbocycles. The third-order valence-corrected chi connectivity index (χ3v) is 4.31. The highest BCUT2D eigenvalue weighted by Crippen LogP contribution is 2.21. The average molecular weight is 363 g/mol. The van der Waals surface area contributed by atoms with Crippen LogP contribution in [0.3, 0.4) is 0 Å². The number of amides is 1. The van der Waals surface area contributed by atoms with Crippen LogP contribution in [0.15, 0.2) is 24.3 Å². The van der Waals surface area contributed by atoms with Crippen LogP contribution in [0.2, 0.25) is 5.02 Å². The molecule has 2 heterocycles. The summed E-state index contributed by atoms with van der Waals surface area (Å²) in [4.78, 5) is 28.4. The second kappa shape index (κ2) is 7.80. The summed E-state index contributed by atoms with van der Waals surface area (Å²) in [6.45, 7) is 2.56. The molecule has 1 aliphatic heterocycles. The summed E-state index contributed by atoms with van der Waals surface area (Å²) in [5, 5.41) is 4.01. The molecule has 0 radical (unpaired) electrons. The number of hydrogen-bond acceptors (Lipinski definition) is 5. The lowest BCUT2D eigenvalue weighted by atomic mass is 10.1. The van der Waals surface area contributed by atoms with Crippen molar-refractivity contribution in [3.63, 3.8) is 0 Å². The Balaban J connectivity index is 1.59. The molecule has 1 atom stereocenters. The van der Waals surface area contributed by atoms with Gasteiger partial charge in [0.15, 0.2) is 6.61 Å². The van der Waals surface area contributed by atoms with Gasteiger partial charge in [-0.05, 0) is 44.0 Å². The van der Waals surface area contributed by atoms with Gasteiger partial charge in [0.25, 0.3) is 5.91 Å². The number of ether oxygens (including phenoxy) is 2. The Morgan fingerprint density at radius 1 is 1.40 bits per heavy atom. The molecule has 1 saturated heterocycles. The summed E-state index contributed by atoms with van der Waals surface area (Å²) >= 11 is 5.97. The van der Waals surface area contributed by atoms with E-state index in [1.54, 1.807) is 31.2 Å². The summed E-state index contributed by atoms with van der Waals surface area (Å²) in [6.07, 6.45) is 1.99. The van der Waals surface area contributed by atoms with Crippen molar-refractivity contribution in [2.24, 2.45) is 0 Å². The van der Waals surface area contributed by atoms with E-state index in [1.165, 1.54) is 0 Å². The summed E-state index contributed by atoms with van der Waals surface area (Å²) in [5.41, 5.74) is 1.61. The molecule has 0 spiro atoms. The lowest BCUT2D eigenvalue weighted by molar-refractivity contribution is -0.124. The van der Waals surface area contributed by atoms with Crippen molar-refractivity contribution >= 4 is 34.4 Å². The zero-order chi connectivity index (χ0) is 17.8. The van der Waals surface area contributed by atoms with Gasteiger partial charge in [-0.25, -0.2) is 4.79 Å². The molecule has 25 heavy (non-hydrogen) atoms. The van der Waals surface area contributed by atoms with Crippen molar-refractivity contribution in [2.45, 2.75) is 25.9 Å². The molecule has 2 aromatic rings. The van der Waals surface area contributed by atoms with E-state index in [0.717, 1.165) is 30.4 Å². The zero-order valence-electron chi connectivity index (χ0n) is 13.9. The van der Waals surface area contributed by atoms with Crippen LogP contribution in [0.25, 0.3) is 10.9 Å². The Hall–Kier alpha value is -2.18. The van der Waals surface area contributed by atoms with E-state index >= 15 is 0 Å². The normalized spacial score (nSPS) is 16.8. The molecule has 1 N–H and O–H groups in total. The Morgan fingerprint density at radius 2 is 2.24 bits per heavy atom. The number of rotatable bonds is 5. The van der Waals surface area contributed by atoms with Crippen LogP contribution >= 0.6 is 11.6 Å². The minimum absolute atomic E-state index is 0.0522. The summed E-state index contributed by atoms with van der Waals surface area (Å²) in [5.74, 6) is -0.933. The summed E-state index contributed by atoms with van der Waals surface area (Å²) < 4.78 is 10.5. The van der Waals surface area contributed by atoms with E-state index in [4.69, 9.17) is 21.1 Å². The number of pyridine rings is 1. The lowest BCUT2D eigenvalue weighted by Crippen LogP contribution is -2.34. The van der Waals surface area contributed by atoms with Crippen LogP contribution in [0.1, 0.15) is 28.9 Å². The Labute approximate surface area is 150 Å². The van der Waals surface area contributed by atoms with E-state index in [0.29, 0.717) is 22.8 Å². The molecule has 3 rings (SSSR count). The standard InChI is InChI=1S/C18H19ClN2O4/c1-11-15(8-12-7-13(19)4-5-16(12)21-11)18(23)25-10-17(22)20-9-14-3-2-6-24-14/h4-5,7-8,14H,2-3,6,9-10H2,1H3,(H,20,22)/t14-/m1/s1. The fourth-order valence-corrected chi connectivity index (χ4v) is 2.92. The maximum Gasteiger partial charge on any atom is 0.340 e. The largest absolute Gasteiger partial charge is 0.452 e. The number of carbonyl (C=O) groups excluding carboxylic acids is 2. The fraction of sp³-hybridized carbons (Fsp3) is 0.389. The second-order valence-corrected chi connectivity index (χ2v) is 6.41. The molecule has 6 nitrogen and oxygen atoms in total. The molecule has 0 saturated carbocycles. The van der Waals surface area contributed by atoms with Crippen molar-refractivity contribution in [1.82, 2.24) is 10.3 Å². The maximum atomic E-state index is 12.3. The van der Waals surface area contributed by atoms with E-state index in [2.05, 4.69) is 10.3 Å². The van der Waals surface area contributed by atoms with Crippen molar-refractivity contribution in [2.75, 3.05) is 19.8 Å². The Kier molecular flexibility index (Phi) is 5.50. The van der Waals surface area contributed by atoms with Gasteiger partial charge in [0, 0.05) is 23.6 Å².